The molecule has 1 aliphatic heterocycles. The maximum atomic E-state index is 13.1. The summed E-state index contributed by atoms with van der Waals surface area (Å²) in [5, 5.41) is 6.25. The van der Waals surface area contributed by atoms with Gasteiger partial charge in [0.2, 0.25) is 11.8 Å². The van der Waals surface area contributed by atoms with Gasteiger partial charge >= 0.3 is 0 Å². The van der Waals surface area contributed by atoms with Gasteiger partial charge in [-0.2, -0.15) is 4.98 Å². The Bertz CT molecular complexity index is 508. The number of ether oxygens (including phenoxy) is 1. The Kier molecular flexibility index (Phi) is 4.52. The third-order valence-electron chi connectivity index (χ3n) is 3.36. The number of likely N-dealkylation sites (N-methyl/N-ethyl adjacent to an activating group) is 1. The summed E-state index contributed by atoms with van der Waals surface area (Å²) in [6, 6.07) is -0.884. The van der Waals surface area contributed by atoms with Gasteiger partial charge in [-0.15, -0.1) is 0 Å². The van der Waals surface area contributed by atoms with Crippen molar-refractivity contribution in [1.29, 1.82) is 0 Å². The van der Waals surface area contributed by atoms with Crippen LogP contribution >= 0.6 is 0 Å². The lowest BCUT2D eigenvalue weighted by Gasteiger charge is -2.19. The Morgan fingerprint density at radius 3 is 2.95 bits per heavy atom. The summed E-state index contributed by atoms with van der Waals surface area (Å²) in [6.07, 6.45) is -0.815. The van der Waals surface area contributed by atoms with Crippen LogP contribution in [-0.4, -0.2) is 53.6 Å². The molecular weight excluding hydrogens is 286 g/mol. The highest BCUT2D eigenvalue weighted by Gasteiger charge is 2.43. The van der Waals surface area contributed by atoms with Crippen molar-refractivity contribution in [3.63, 3.8) is 0 Å². The van der Waals surface area contributed by atoms with Crippen LogP contribution < -0.4 is 5.32 Å². The first kappa shape index (κ1) is 15.8. The predicted molar refractivity (Wildman–Crippen MR) is 67.6 cm³/mol. The number of halogens is 2. The molecule has 0 saturated carbocycles. The molecule has 1 saturated heterocycles. The fourth-order valence-corrected chi connectivity index (χ4v) is 2.04. The number of amides is 1. The quantitative estimate of drug-likeness (QED) is 0.864. The first-order valence-electron chi connectivity index (χ1n) is 6.54. The molecule has 2 atom stereocenters. The molecule has 2 rings (SSSR count). The molecule has 0 bridgehead atoms. The molecule has 0 aromatic carbocycles. The van der Waals surface area contributed by atoms with Crippen LogP contribution in [0.15, 0.2) is 4.52 Å². The Labute approximate surface area is 120 Å². The van der Waals surface area contributed by atoms with Crippen LogP contribution in [0.5, 0.6) is 0 Å². The average molecular weight is 304 g/mol. The number of hydrogen-bond acceptors (Lipinski definition) is 6. The van der Waals surface area contributed by atoms with Crippen LogP contribution in [0.25, 0.3) is 0 Å². The van der Waals surface area contributed by atoms with Gasteiger partial charge in [-0.3, -0.25) is 10.1 Å². The zero-order valence-corrected chi connectivity index (χ0v) is 12.1. The highest BCUT2D eigenvalue weighted by Crippen LogP contribution is 2.26. The van der Waals surface area contributed by atoms with Crippen molar-refractivity contribution < 1.29 is 22.8 Å². The largest absolute Gasteiger partial charge is 0.374 e. The summed E-state index contributed by atoms with van der Waals surface area (Å²) in [7, 11) is 3.02. The first-order chi connectivity index (χ1) is 9.82. The lowest BCUT2D eigenvalue weighted by Crippen LogP contribution is -2.41. The van der Waals surface area contributed by atoms with E-state index in [9.17, 15) is 13.6 Å². The zero-order valence-electron chi connectivity index (χ0n) is 12.1. The Morgan fingerprint density at radius 2 is 2.38 bits per heavy atom. The number of nitrogens with zero attached hydrogens (tertiary/aromatic N) is 3. The second-order valence-corrected chi connectivity index (χ2v) is 5.11. The molecule has 1 amide bonds. The van der Waals surface area contributed by atoms with Gasteiger partial charge in [-0.1, -0.05) is 5.16 Å². The van der Waals surface area contributed by atoms with E-state index in [-0.39, 0.29) is 18.5 Å². The number of nitrogens with one attached hydrogen (secondary N) is 1. The van der Waals surface area contributed by atoms with E-state index in [2.05, 4.69) is 15.5 Å². The predicted octanol–water partition coefficient (Wildman–Crippen LogP) is 0.733. The summed E-state index contributed by atoms with van der Waals surface area (Å²) in [5.74, 6) is -2.66. The smallest absolute Gasteiger partial charge is 0.262 e. The van der Waals surface area contributed by atoms with Crippen LogP contribution in [0.2, 0.25) is 0 Å². The molecule has 9 heteroatoms. The number of aromatic nitrogens is 2. The van der Waals surface area contributed by atoms with E-state index in [4.69, 9.17) is 9.26 Å². The molecule has 1 aliphatic rings. The topological polar surface area (TPSA) is 80.5 Å². The SMILES string of the molecule is COC(C)c1noc(CN(C)C(=O)C2CC(F)(F)CN2)n1. The summed E-state index contributed by atoms with van der Waals surface area (Å²) in [5.41, 5.74) is 0. The van der Waals surface area contributed by atoms with E-state index >= 15 is 0 Å². The first-order valence-corrected chi connectivity index (χ1v) is 6.54. The number of carbonyl (C=O) groups excluding carboxylic acids is 1. The lowest BCUT2D eigenvalue weighted by molar-refractivity contribution is -0.133. The third kappa shape index (κ3) is 3.73. The highest BCUT2D eigenvalue weighted by atomic mass is 19.3. The Hall–Kier alpha value is -1.61. The number of carbonyl (C=O) groups is 1. The molecule has 118 valence electrons. The fraction of sp³-hybridized carbons (Fsp3) is 0.750. The zero-order chi connectivity index (χ0) is 15.6. The average Bonchev–Trinajstić information content (AvgIpc) is 3.03. The van der Waals surface area contributed by atoms with Gasteiger partial charge in [-0.25, -0.2) is 8.78 Å². The molecule has 21 heavy (non-hydrogen) atoms. The molecule has 0 aliphatic carbocycles. The van der Waals surface area contributed by atoms with Crippen LogP contribution in [0, 0.1) is 0 Å². The van der Waals surface area contributed by atoms with Crippen molar-refractivity contribution in [1.82, 2.24) is 20.4 Å². The Balaban J connectivity index is 1.93. The van der Waals surface area contributed by atoms with Gasteiger partial charge in [0.15, 0.2) is 5.82 Å². The molecule has 2 unspecified atom stereocenters. The maximum Gasteiger partial charge on any atom is 0.262 e. The number of hydrogen-bond donors (Lipinski definition) is 1. The van der Waals surface area contributed by atoms with Gasteiger partial charge < -0.3 is 14.2 Å². The van der Waals surface area contributed by atoms with Crippen molar-refractivity contribution >= 4 is 5.91 Å². The summed E-state index contributed by atoms with van der Waals surface area (Å²) in [4.78, 5) is 17.4. The fourth-order valence-electron chi connectivity index (χ4n) is 2.04. The molecular formula is C12H18F2N4O3. The summed E-state index contributed by atoms with van der Waals surface area (Å²) >= 11 is 0. The van der Waals surface area contributed by atoms with Crippen molar-refractivity contribution in [2.45, 2.75) is 38.0 Å². The van der Waals surface area contributed by atoms with Crippen LogP contribution in [-0.2, 0) is 16.1 Å². The minimum Gasteiger partial charge on any atom is -0.374 e. The van der Waals surface area contributed by atoms with E-state index < -0.39 is 30.8 Å². The molecule has 1 aromatic rings. The number of rotatable bonds is 5. The maximum absolute atomic E-state index is 13.1. The molecule has 2 heterocycles. The van der Waals surface area contributed by atoms with E-state index in [0.29, 0.717) is 5.82 Å². The van der Waals surface area contributed by atoms with Crippen LogP contribution in [0.3, 0.4) is 0 Å². The second-order valence-electron chi connectivity index (χ2n) is 5.11. The van der Waals surface area contributed by atoms with Crippen molar-refractivity contribution in [2.75, 3.05) is 20.7 Å². The van der Waals surface area contributed by atoms with E-state index in [1.807, 2.05) is 0 Å². The van der Waals surface area contributed by atoms with Crippen molar-refractivity contribution in [2.24, 2.45) is 0 Å². The van der Waals surface area contributed by atoms with E-state index in [0.717, 1.165) is 0 Å². The van der Waals surface area contributed by atoms with Gasteiger partial charge in [0, 0.05) is 20.6 Å². The molecule has 1 aromatic heterocycles. The molecule has 7 nitrogen and oxygen atoms in total. The van der Waals surface area contributed by atoms with Gasteiger partial charge in [0.25, 0.3) is 5.92 Å². The Morgan fingerprint density at radius 1 is 1.67 bits per heavy atom. The summed E-state index contributed by atoms with van der Waals surface area (Å²) in [6.45, 7) is 1.34. The van der Waals surface area contributed by atoms with Crippen molar-refractivity contribution in [3.8, 4) is 0 Å². The van der Waals surface area contributed by atoms with Crippen molar-refractivity contribution in [3.05, 3.63) is 11.7 Å². The minimum atomic E-state index is -2.84. The molecule has 1 fully saturated rings. The summed E-state index contributed by atoms with van der Waals surface area (Å²) < 4.78 is 36.2. The lowest BCUT2D eigenvalue weighted by atomic mass is 10.2. The molecule has 0 spiro atoms. The standard InChI is InChI=1S/C12H18F2N4O3/c1-7(20-3)10-16-9(21-17-10)5-18(2)11(19)8-4-12(13,14)6-15-8/h7-8,15H,4-6H2,1-3H3. The monoisotopic (exact) mass is 304 g/mol. The van der Waals surface area contributed by atoms with Gasteiger partial charge in [-0.05, 0) is 6.92 Å². The van der Waals surface area contributed by atoms with Gasteiger partial charge in [0.1, 0.15) is 6.10 Å². The molecule has 0 radical (unpaired) electrons. The highest BCUT2D eigenvalue weighted by molar-refractivity contribution is 5.82. The normalized spacial score (nSPS) is 22.2. The number of alkyl halides is 2. The minimum absolute atomic E-state index is 0.0615. The number of methoxy groups -OCH3 is 1. The van der Waals surface area contributed by atoms with Crippen LogP contribution in [0.1, 0.15) is 31.2 Å². The van der Waals surface area contributed by atoms with Crippen LogP contribution in [0.4, 0.5) is 8.78 Å². The second kappa shape index (κ2) is 6.02. The molecule has 1 N–H and O–H groups in total. The van der Waals surface area contributed by atoms with Gasteiger partial charge in [0.05, 0.1) is 19.1 Å². The van der Waals surface area contributed by atoms with E-state index in [1.165, 1.54) is 19.1 Å². The van der Waals surface area contributed by atoms with E-state index in [1.54, 1.807) is 6.92 Å². The third-order valence-corrected chi connectivity index (χ3v) is 3.36.